The Hall–Kier alpha value is -0.550. The highest BCUT2D eigenvalue weighted by atomic mass is 32.2. The summed E-state index contributed by atoms with van der Waals surface area (Å²) in [6, 6.07) is 0. The van der Waals surface area contributed by atoms with Crippen LogP contribution in [0.25, 0.3) is 0 Å². The lowest BCUT2D eigenvalue weighted by molar-refractivity contribution is -0.136. The largest absolute Gasteiger partial charge is 0.481 e. The van der Waals surface area contributed by atoms with E-state index in [1.807, 2.05) is 11.8 Å². The lowest BCUT2D eigenvalue weighted by atomic mass is 10.1. The molecule has 1 aromatic heterocycles. The third-order valence-electron chi connectivity index (χ3n) is 2.41. The number of rotatable bonds is 3. The Morgan fingerprint density at radius 2 is 2.53 bits per heavy atom. The summed E-state index contributed by atoms with van der Waals surface area (Å²) in [6.45, 7) is 0. The van der Waals surface area contributed by atoms with Gasteiger partial charge in [0.25, 0.3) is 0 Å². The second kappa shape index (κ2) is 4.99. The fourth-order valence-corrected chi connectivity index (χ4v) is 3.97. The molecule has 1 unspecified atom stereocenters. The van der Waals surface area contributed by atoms with E-state index in [2.05, 4.69) is 4.98 Å². The van der Waals surface area contributed by atoms with Crippen molar-refractivity contribution in [3.8, 4) is 0 Å². The number of thioether (sulfide) groups is 1. The molecular formula is C10H13NO2S2. The minimum Gasteiger partial charge on any atom is -0.481 e. The average Bonchev–Trinajstić information content (AvgIpc) is 2.67. The Bertz CT molecular complexity index is 345. The van der Waals surface area contributed by atoms with Gasteiger partial charge in [0.15, 0.2) is 0 Å². The molecule has 1 aliphatic heterocycles. The van der Waals surface area contributed by atoms with Crippen molar-refractivity contribution in [3.63, 3.8) is 0 Å². The summed E-state index contributed by atoms with van der Waals surface area (Å²) in [6.07, 6.45) is 4.28. The number of aliphatic carboxylic acids is 1. The number of hydrogen-bond acceptors (Lipinski definition) is 4. The zero-order valence-electron chi connectivity index (χ0n) is 8.31. The molecule has 15 heavy (non-hydrogen) atoms. The Labute approximate surface area is 96.9 Å². The fraction of sp³-hybridized carbons (Fsp3) is 0.600. The van der Waals surface area contributed by atoms with E-state index in [1.165, 1.54) is 18.6 Å². The molecule has 1 atom stereocenters. The molecule has 2 heterocycles. The maximum atomic E-state index is 10.5. The van der Waals surface area contributed by atoms with Crippen LogP contribution in [-0.2, 0) is 11.2 Å². The van der Waals surface area contributed by atoms with Crippen LogP contribution in [0.2, 0.25) is 0 Å². The van der Waals surface area contributed by atoms with E-state index >= 15 is 0 Å². The van der Waals surface area contributed by atoms with Crippen LogP contribution in [0, 0.1) is 0 Å². The van der Waals surface area contributed by atoms with Crippen molar-refractivity contribution in [2.75, 3.05) is 11.5 Å². The van der Waals surface area contributed by atoms with Gasteiger partial charge in [-0.05, 0) is 18.6 Å². The van der Waals surface area contributed by atoms with Crippen molar-refractivity contribution < 1.29 is 9.90 Å². The van der Waals surface area contributed by atoms with Gasteiger partial charge in [0.1, 0.15) is 0 Å². The molecule has 5 heteroatoms. The Morgan fingerprint density at radius 1 is 1.67 bits per heavy atom. The summed E-state index contributed by atoms with van der Waals surface area (Å²) < 4.78 is 0. The van der Waals surface area contributed by atoms with Crippen LogP contribution in [0.15, 0.2) is 6.20 Å². The third-order valence-corrected chi connectivity index (χ3v) is 4.78. The minimum atomic E-state index is -0.775. The quantitative estimate of drug-likeness (QED) is 0.885. The molecule has 0 amide bonds. The summed E-state index contributed by atoms with van der Waals surface area (Å²) in [5.74, 6) is 2.17. The highest BCUT2D eigenvalue weighted by molar-refractivity contribution is 7.99. The first kappa shape index (κ1) is 11.0. The van der Waals surface area contributed by atoms with Gasteiger partial charge < -0.3 is 5.11 Å². The van der Waals surface area contributed by atoms with Crippen molar-refractivity contribution in [1.82, 2.24) is 4.98 Å². The molecule has 0 aliphatic carbocycles. The second-order valence-corrected chi connectivity index (χ2v) is 5.95. The molecule has 2 rings (SSSR count). The maximum absolute atomic E-state index is 10.5. The number of carboxylic acid groups (broad SMARTS) is 1. The number of aromatic nitrogens is 1. The first-order valence-corrected chi connectivity index (χ1v) is 6.97. The van der Waals surface area contributed by atoms with Gasteiger partial charge in [-0.1, -0.05) is 0 Å². The van der Waals surface area contributed by atoms with Crippen LogP contribution < -0.4 is 0 Å². The Kier molecular flexibility index (Phi) is 3.64. The summed E-state index contributed by atoms with van der Waals surface area (Å²) in [5, 5.41) is 9.78. The zero-order chi connectivity index (χ0) is 10.7. The molecule has 0 saturated carbocycles. The fourth-order valence-electron chi connectivity index (χ4n) is 1.68. The van der Waals surface area contributed by atoms with Gasteiger partial charge in [-0.3, -0.25) is 4.79 Å². The Morgan fingerprint density at radius 3 is 3.20 bits per heavy atom. The standard InChI is InChI=1S/C10H13NO2S2/c12-9(13)4-8-5-11-10(15-8)7-2-1-3-14-6-7/h5,7H,1-4,6H2,(H,12,13). The lowest BCUT2D eigenvalue weighted by Gasteiger charge is -2.18. The van der Waals surface area contributed by atoms with Gasteiger partial charge in [-0.15, -0.1) is 11.3 Å². The zero-order valence-corrected chi connectivity index (χ0v) is 9.94. The van der Waals surface area contributed by atoms with Gasteiger partial charge >= 0.3 is 5.97 Å². The molecule has 1 aromatic rings. The number of thiazole rings is 1. The van der Waals surface area contributed by atoms with E-state index in [9.17, 15) is 4.79 Å². The topological polar surface area (TPSA) is 50.2 Å². The Balaban J connectivity index is 2.02. The van der Waals surface area contributed by atoms with Crippen LogP contribution in [-0.4, -0.2) is 27.6 Å². The van der Waals surface area contributed by atoms with Crippen molar-refractivity contribution in [1.29, 1.82) is 0 Å². The molecule has 1 fully saturated rings. The maximum Gasteiger partial charge on any atom is 0.308 e. The molecule has 1 saturated heterocycles. The lowest BCUT2D eigenvalue weighted by Crippen LogP contribution is -2.07. The number of carboxylic acids is 1. The number of nitrogens with zero attached hydrogens (tertiary/aromatic N) is 1. The third kappa shape index (κ3) is 2.95. The number of hydrogen-bond donors (Lipinski definition) is 1. The van der Waals surface area contributed by atoms with E-state index in [0.717, 1.165) is 15.6 Å². The number of carbonyl (C=O) groups is 1. The first-order chi connectivity index (χ1) is 7.25. The summed E-state index contributed by atoms with van der Waals surface area (Å²) in [4.78, 5) is 15.7. The average molecular weight is 243 g/mol. The summed E-state index contributed by atoms with van der Waals surface area (Å²) in [5.41, 5.74) is 0. The summed E-state index contributed by atoms with van der Waals surface area (Å²) >= 11 is 3.53. The van der Waals surface area contributed by atoms with E-state index < -0.39 is 5.97 Å². The van der Waals surface area contributed by atoms with E-state index in [-0.39, 0.29) is 6.42 Å². The van der Waals surface area contributed by atoms with Gasteiger partial charge in [0.2, 0.25) is 0 Å². The molecule has 3 nitrogen and oxygen atoms in total. The van der Waals surface area contributed by atoms with Crippen molar-refractivity contribution in [3.05, 3.63) is 16.1 Å². The van der Waals surface area contributed by atoms with E-state index in [4.69, 9.17) is 5.11 Å². The van der Waals surface area contributed by atoms with Crippen LogP contribution in [0.3, 0.4) is 0 Å². The van der Waals surface area contributed by atoms with Crippen molar-refractivity contribution in [2.24, 2.45) is 0 Å². The first-order valence-electron chi connectivity index (χ1n) is 5.00. The molecule has 0 aromatic carbocycles. The monoisotopic (exact) mass is 243 g/mol. The smallest absolute Gasteiger partial charge is 0.308 e. The van der Waals surface area contributed by atoms with Crippen molar-refractivity contribution in [2.45, 2.75) is 25.2 Å². The molecule has 1 aliphatic rings. The highest BCUT2D eigenvalue weighted by Gasteiger charge is 2.19. The minimum absolute atomic E-state index is 0.109. The normalized spacial score (nSPS) is 21.5. The van der Waals surface area contributed by atoms with Crippen LogP contribution in [0.4, 0.5) is 0 Å². The predicted octanol–water partition coefficient (Wildman–Crippen LogP) is 2.38. The van der Waals surface area contributed by atoms with Crippen molar-refractivity contribution >= 4 is 29.1 Å². The molecule has 82 valence electrons. The highest BCUT2D eigenvalue weighted by Crippen LogP contribution is 2.33. The summed E-state index contributed by atoms with van der Waals surface area (Å²) in [7, 11) is 0. The molecule has 0 bridgehead atoms. The molecule has 0 radical (unpaired) electrons. The van der Waals surface area contributed by atoms with Gasteiger partial charge in [-0.25, -0.2) is 4.98 Å². The van der Waals surface area contributed by atoms with Crippen LogP contribution >= 0.6 is 23.1 Å². The molecule has 1 N–H and O–H groups in total. The van der Waals surface area contributed by atoms with Crippen LogP contribution in [0.1, 0.15) is 28.6 Å². The molecule has 0 spiro atoms. The molecular weight excluding hydrogens is 230 g/mol. The van der Waals surface area contributed by atoms with E-state index in [0.29, 0.717) is 5.92 Å². The van der Waals surface area contributed by atoms with E-state index in [1.54, 1.807) is 17.5 Å². The van der Waals surface area contributed by atoms with Gasteiger partial charge in [0, 0.05) is 22.7 Å². The second-order valence-electron chi connectivity index (χ2n) is 3.65. The van der Waals surface area contributed by atoms with Gasteiger partial charge in [-0.2, -0.15) is 11.8 Å². The van der Waals surface area contributed by atoms with Gasteiger partial charge in [0.05, 0.1) is 11.4 Å². The van der Waals surface area contributed by atoms with Crippen LogP contribution in [0.5, 0.6) is 0 Å². The predicted molar refractivity (Wildman–Crippen MR) is 62.8 cm³/mol. The SMILES string of the molecule is O=C(O)Cc1cnc(C2CCCSC2)s1.